The van der Waals surface area contributed by atoms with Crippen molar-refractivity contribution in [3.05, 3.63) is 0 Å². The molecule has 0 aromatic heterocycles. The molecular formula is C55H108O9. The van der Waals surface area contributed by atoms with Crippen molar-refractivity contribution in [3.8, 4) is 0 Å². The monoisotopic (exact) mass is 913 g/mol. The molecule has 9 heteroatoms. The maximum absolute atomic E-state index is 12.9. The summed E-state index contributed by atoms with van der Waals surface area (Å²) < 4.78 is 23.0. The highest BCUT2D eigenvalue weighted by molar-refractivity contribution is 5.69. The molecule has 1 heterocycles. The van der Waals surface area contributed by atoms with Crippen molar-refractivity contribution in [1.82, 2.24) is 0 Å². The fraction of sp³-hybridized carbons (Fsp3) is 0.982. The smallest absolute Gasteiger partial charge is 0.306 e. The molecule has 6 atom stereocenters. The van der Waals surface area contributed by atoms with Crippen LogP contribution in [0.15, 0.2) is 0 Å². The second kappa shape index (κ2) is 47.3. The Balaban J connectivity index is 2.13. The molecule has 1 rings (SSSR count). The van der Waals surface area contributed by atoms with Gasteiger partial charge < -0.3 is 39.4 Å². The van der Waals surface area contributed by atoms with E-state index in [9.17, 15) is 25.2 Å². The Labute approximate surface area is 395 Å². The van der Waals surface area contributed by atoms with Crippen LogP contribution in [0.3, 0.4) is 0 Å². The number of hydrogen-bond donors (Lipinski definition) is 4. The molecule has 0 spiro atoms. The molecule has 0 aromatic rings. The third kappa shape index (κ3) is 37.2. The topological polar surface area (TPSA) is 135 Å². The molecule has 0 saturated carbocycles. The third-order valence-electron chi connectivity index (χ3n) is 13.5. The van der Waals surface area contributed by atoms with Gasteiger partial charge in [-0.2, -0.15) is 0 Å². The van der Waals surface area contributed by atoms with Crippen LogP contribution in [0, 0.1) is 0 Å². The molecule has 0 radical (unpaired) electrons. The molecule has 1 aliphatic heterocycles. The van der Waals surface area contributed by atoms with Gasteiger partial charge in [0.25, 0.3) is 0 Å². The number of carbonyl (C=O) groups is 1. The average Bonchev–Trinajstić information content (AvgIpc) is 3.30. The van der Waals surface area contributed by atoms with Gasteiger partial charge in [-0.25, -0.2) is 0 Å². The first kappa shape index (κ1) is 61.2. The van der Waals surface area contributed by atoms with Crippen molar-refractivity contribution in [3.63, 3.8) is 0 Å². The quantitative estimate of drug-likeness (QED) is 0.0347. The number of ether oxygens (including phenoxy) is 4. The SMILES string of the molecule is CCCCCCCCCCCCCCCCCCCCCCCCCOCC(COC1OC(CO)C(O)C(O)C1O)OC(=O)CCCCCCCCCCCCCCCCCCCC. The van der Waals surface area contributed by atoms with Gasteiger partial charge in [0.2, 0.25) is 0 Å². The Morgan fingerprint density at radius 2 is 0.766 bits per heavy atom. The first-order chi connectivity index (χ1) is 31.4. The van der Waals surface area contributed by atoms with Crippen LogP contribution in [0.25, 0.3) is 0 Å². The highest BCUT2D eigenvalue weighted by atomic mass is 16.7. The number of hydrogen-bond acceptors (Lipinski definition) is 9. The summed E-state index contributed by atoms with van der Waals surface area (Å²) in [4.78, 5) is 12.9. The standard InChI is InChI=1S/C55H108O9/c1-3-5-7-9-11-13-15-17-19-21-23-24-25-26-27-29-31-33-35-37-39-41-43-45-61-47-49(48-62-55-54(60)53(59)52(58)50(46-56)64-55)63-51(57)44-42-40-38-36-34-32-30-28-22-20-18-16-14-12-10-8-6-4-2/h49-50,52-56,58-60H,3-48H2,1-2H3. The van der Waals surface area contributed by atoms with E-state index < -0.39 is 43.4 Å². The van der Waals surface area contributed by atoms with Gasteiger partial charge in [0.1, 0.15) is 30.5 Å². The number of esters is 1. The van der Waals surface area contributed by atoms with E-state index in [0.717, 1.165) is 32.1 Å². The summed E-state index contributed by atoms with van der Waals surface area (Å²) >= 11 is 0. The fourth-order valence-corrected chi connectivity index (χ4v) is 9.14. The Morgan fingerprint density at radius 1 is 0.438 bits per heavy atom. The zero-order chi connectivity index (χ0) is 46.4. The normalized spacial score (nSPS) is 19.4. The Bertz CT molecular complexity index is 950. The first-order valence-corrected chi connectivity index (χ1v) is 28.1. The maximum Gasteiger partial charge on any atom is 0.306 e. The number of aliphatic hydroxyl groups is 4. The van der Waals surface area contributed by atoms with Crippen molar-refractivity contribution in [2.24, 2.45) is 0 Å². The molecule has 9 nitrogen and oxygen atoms in total. The summed E-state index contributed by atoms with van der Waals surface area (Å²) in [6.45, 7) is 4.64. The van der Waals surface area contributed by atoms with Crippen LogP contribution in [0.4, 0.5) is 0 Å². The number of rotatable bonds is 50. The molecule has 1 fully saturated rings. The van der Waals surface area contributed by atoms with Crippen LogP contribution in [0.2, 0.25) is 0 Å². The van der Waals surface area contributed by atoms with Crippen LogP contribution in [0.1, 0.15) is 284 Å². The minimum Gasteiger partial charge on any atom is -0.457 e. The Kier molecular flexibility index (Phi) is 45.2. The maximum atomic E-state index is 12.9. The van der Waals surface area contributed by atoms with E-state index in [2.05, 4.69) is 13.8 Å². The van der Waals surface area contributed by atoms with Crippen LogP contribution in [-0.4, -0.2) is 89.6 Å². The summed E-state index contributed by atoms with van der Waals surface area (Å²) in [6, 6.07) is 0. The molecular weight excluding hydrogens is 805 g/mol. The van der Waals surface area contributed by atoms with Gasteiger partial charge in [-0.15, -0.1) is 0 Å². The lowest BCUT2D eigenvalue weighted by Crippen LogP contribution is -2.59. The minimum absolute atomic E-state index is 0.104. The van der Waals surface area contributed by atoms with Crippen molar-refractivity contribution in [1.29, 1.82) is 0 Å². The zero-order valence-electron chi connectivity index (χ0n) is 42.3. The molecule has 1 aliphatic rings. The molecule has 0 bridgehead atoms. The lowest BCUT2D eigenvalue weighted by atomic mass is 9.99. The molecule has 64 heavy (non-hydrogen) atoms. The van der Waals surface area contributed by atoms with Crippen molar-refractivity contribution in [2.45, 2.75) is 320 Å². The highest BCUT2D eigenvalue weighted by Crippen LogP contribution is 2.23. The van der Waals surface area contributed by atoms with Gasteiger partial charge in [-0.3, -0.25) is 4.79 Å². The van der Waals surface area contributed by atoms with E-state index in [1.165, 1.54) is 231 Å². The van der Waals surface area contributed by atoms with Gasteiger partial charge in [0.05, 0.1) is 19.8 Å². The van der Waals surface area contributed by atoms with Gasteiger partial charge in [-0.1, -0.05) is 264 Å². The highest BCUT2D eigenvalue weighted by Gasteiger charge is 2.44. The number of carbonyl (C=O) groups excluding carboxylic acids is 1. The number of aliphatic hydroxyl groups excluding tert-OH is 4. The van der Waals surface area contributed by atoms with Crippen LogP contribution in [-0.2, 0) is 23.7 Å². The predicted molar refractivity (Wildman–Crippen MR) is 266 cm³/mol. The molecule has 0 amide bonds. The van der Waals surface area contributed by atoms with Crippen LogP contribution in [0.5, 0.6) is 0 Å². The largest absolute Gasteiger partial charge is 0.457 e. The Morgan fingerprint density at radius 3 is 1.11 bits per heavy atom. The van der Waals surface area contributed by atoms with E-state index >= 15 is 0 Å². The lowest BCUT2D eigenvalue weighted by Gasteiger charge is -2.39. The van der Waals surface area contributed by atoms with Gasteiger partial charge in [-0.05, 0) is 12.8 Å². The first-order valence-electron chi connectivity index (χ1n) is 28.1. The molecule has 0 aliphatic carbocycles. The minimum atomic E-state index is -1.53. The molecule has 1 saturated heterocycles. The molecule has 382 valence electrons. The predicted octanol–water partition coefficient (Wildman–Crippen LogP) is 14.2. The second-order valence-electron chi connectivity index (χ2n) is 19.8. The van der Waals surface area contributed by atoms with Gasteiger partial charge >= 0.3 is 5.97 Å². The second-order valence-corrected chi connectivity index (χ2v) is 19.8. The summed E-state index contributed by atoms with van der Waals surface area (Å²) in [5.74, 6) is -0.304. The number of unbranched alkanes of at least 4 members (excludes halogenated alkanes) is 39. The summed E-state index contributed by atoms with van der Waals surface area (Å²) in [6.07, 6.45) is 47.2. The average molecular weight is 913 g/mol. The summed E-state index contributed by atoms with van der Waals surface area (Å²) in [5, 5.41) is 40.3. The van der Waals surface area contributed by atoms with E-state index in [1.807, 2.05) is 0 Å². The third-order valence-corrected chi connectivity index (χ3v) is 13.5. The lowest BCUT2D eigenvalue weighted by molar-refractivity contribution is -0.305. The fourth-order valence-electron chi connectivity index (χ4n) is 9.14. The van der Waals surface area contributed by atoms with Crippen LogP contribution < -0.4 is 0 Å². The Hall–Kier alpha value is -0.810. The van der Waals surface area contributed by atoms with E-state index in [1.54, 1.807) is 0 Å². The van der Waals surface area contributed by atoms with Gasteiger partial charge in [0, 0.05) is 13.0 Å². The van der Waals surface area contributed by atoms with Crippen LogP contribution >= 0.6 is 0 Å². The molecule has 6 unspecified atom stereocenters. The molecule has 4 N–H and O–H groups in total. The van der Waals surface area contributed by atoms with Crippen molar-refractivity contribution >= 4 is 5.97 Å². The van der Waals surface area contributed by atoms with E-state index in [-0.39, 0.29) is 19.2 Å². The van der Waals surface area contributed by atoms with Gasteiger partial charge in [0.15, 0.2) is 6.29 Å². The summed E-state index contributed by atoms with van der Waals surface area (Å²) in [5.41, 5.74) is 0. The zero-order valence-corrected chi connectivity index (χ0v) is 42.3. The van der Waals surface area contributed by atoms with E-state index in [0.29, 0.717) is 13.0 Å². The van der Waals surface area contributed by atoms with E-state index in [4.69, 9.17) is 18.9 Å². The van der Waals surface area contributed by atoms with Crippen molar-refractivity contribution in [2.75, 3.05) is 26.4 Å². The summed E-state index contributed by atoms with van der Waals surface area (Å²) in [7, 11) is 0. The molecule has 0 aromatic carbocycles. The van der Waals surface area contributed by atoms with Crippen molar-refractivity contribution < 1.29 is 44.2 Å².